The SMILES string of the molecule is CC(=O)c1c[nH]c2c(-c3cnc4[nH]ncc4c3)cccc12. The normalized spacial score (nSPS) is 11.3. The van der Waals surface area contributed by atoms with Gasteiger partial charge in [0, 0.05) is 39.9 Å². The van der Waals surface area contributed by atoms with Crippen LogP contribution in [0, 0.1) is 0 Å². The van der Waals surface area contributed by atoms with Gasteiger partial charge in [-0.2, -0.15) is 5.10 Å². The molecule has 0 aliphatic carbocycles. The molecule has 4 rings (SSSR count). The Morgan fingerprint density at radius 3 is 3.00 bits per heavy atom. The molecule has 0 atom stereocenters. The number of rotatable bonds is 2. The number of carbonyl (C=O) groups excluding carboxylic acids is 1. The lowest BCUT2D eigenvalue weighted by Gasteiger charge is -2.04. The Hall–Kier alpha value is -2.95. The van der Waals surface area contributed by atoms with Crippen LogP contribution in [0.1, 0.15) is 17.3 Å². The van der Waals surface area contributed by atoms with Crippen LogP contribution in [0.25, 0.3) is 33.1 Å². The van der Waals surface area contributed by atoms with Gasteiger partial charge in [-0.3, -0.25) is 9.89 Å². The molecule has 21 heavy (non-hydrogen) atoms. The summed E-state index contributed by atoms with van der Waals surface area (Å²) in [6.45, 7) is 1.58. The number of hydrogen-bond acceptors (Lipinski definition) is 3. The highest BCUT2D eigenvalue weighted by Gasteiger charge is 2.12. The van der Waals surface area contributed by atoms with Gasteiger partial charge < -0.3 is 4.98 Å². The van der Waals surface area contributed by atoms with Crippen molar-refractivity contribution in [3.63, 3.8) is 0 Å². The fourth-order valence-electron chi connectivity index (χ4n) is 2.67. The zero-order valence-corrected chi connectivity index (χ0v) is 11.3. The van der Waals surface area contributed by atoms with E-state index in [2.05, 4.69) is 20.2 Å². The molecule has 5 nitrogen and oxygen atoms in total. The molecule has 2 N–H and O–H groups in total. The molecule has 0 spiro atoms. The number of carbonyl (C=O) groups is 1. The Bertz CT molecular complexity index is 980. The van der Waals surface area contributed by atoms with E-state index in [1.807, 2.05) is 30.5 Å². The van der Waals surface area contributed by atoms with Crippen molar-refractivity contribution in [3.05, 3.63) is 48.4 Å². The number of Topliss-reactive ketones (excluding diaryl/α,β-unsaturated/α-hetero) is 1. The van der Waals surface area contributed by atoms with Gasteiger partial charge in [-0.1, -0.05) is 18.2 Å². The first-order valence-electron chi connectivity index (χ1n) is 6.64. The summed E-state index contributed by atoms with van der Waals surface area (Å²) in [5.41, 5.74) is 4.44. The van der Waals surface area contributed by atoms with Crippen LogP contribution in [0.3, 0.4) is 0 Å². The van der Waals surface area contributed by atoms with Crippen molar-refractivity contribution >= 4 is 27.7 Å². The summed E-state index contributed by atoms with van der Waals surface area (Å²) in [6.07, 6.45) is 5.32. The van der Waals surface area contributed by atoms with Crippen molar-refractivity contribution in [1.29, 1.82) is 0 Å². The van der Waals surface area contributed by atoms with Gasteiger partial charge in [0.25, 0.3) is 0 Å². The number of fused-ring (bicyclic) bond motifs is 2. The molecule has 0 saturated carbocycles. The second kappa shape index (κ2) is 4.28. The number of para-hydroxylation sites is 1. The maximum atomic E-state index is 11.7. The maximum Gasteiger partial charge on any atom is 0.161 e. The average molecular weight is 276 g/mol. The third-order valence-corrected chi connectivity index (χ3v) is 3.70. The number of aromatic amines is 2. The molecule has 0 fully saturated rings. The quantitative estimate of drug-likeness (QED) is 0.551. The highest BCUT2D eigenvalue weighted by atomic mass is 16.1. The molecule has 3 heterocycles. The largest absolute Gasteiger partial charge is 0.360 e. The molecule has 1 aromatic carbocycles. The van der Waals surface area contributed by atoms with Crippen LogP contribution in [0.5, 0.6) is 0 Å². The predicted molar refractivity (Wildman–Crippen MR) is 81.2 cm³/mol. The summed E-state index contributed by atoms with van der Waals surface area (Å²) < 4.78 is 0. The lowest BCUT2D eigenvalue weighted by atomic mass is 10.0. The van der Waals surface area contributed by atoms with Gasteiger partial charge in [0.05, 0.1) is 11.7 Å². The Balaban J connectivity index is 1.99. The van der Waals surface area contributed by atoms with Crippen molar-refractivity contribution in [2.75, 3.05) is 0 Å². The molecule has 0 aliphatic rings. The number of ketones is 1. The molecule has 0 amide bonds. The minimum Gasteiger partial charge on any atom is -0.360 e. The van der Waals surface area contributed by atoms with Gasteiger partial charge >= 0.3 is 0 Å². The van der Waals surface area contributed by atoms with E-state index in [1.165, 1.54) is 0 Å². The molecule has 102 valence electrons. The minimum absolute atomic E-state index is 0.0572. The van der Waals surface area contributed by atoms with Gasteiger partial charge in [0.2, 0.25) is 0 Å². The Morgan fingerprint density at radius 1 is 1.24 bits per heavy atom. The topological polar surface area (TPSA) is 74.4 Å². The number of nitrogens with one attached hydrogen (secondary N) is 2. The first-order chi connectivity index (χ1) is 10.2. The molecular formula is C16H12N4O. The van der Waals surface area contributed by atoms with Crippen LogP contribution in [0.15, 0.2) is 42.9 Å². The van der Waals surface area contributed by atoms with Crippen molar-refractivity contribution < 1.29 is 4.79 Å². The van der Waals surface area contributed by atoms with E-state index >= 15 is 0 Å². The highest BCUT2D eigenvalue weighted by molar-refractivity contribution is 6.10. The second-order valence-corrected chi connectivity index (χ2v) is 5.02. The predicted octanol–water partition coefficient (Wildman–Crippen LogP) is 3.31. The second-order valence-electron chi connectivity index (χ2n) is 5.02. The van der Waals surface area contributed by atoms with Crippen molar-refractivity contribution in [2.24, 2.45) is 0 Å². The minimum atomic E-state index is 0.0572. The molecule has 0 unspecified atom stereocenters. The fourth-order valence-corrected chi connectivity index (χ4v) is 2.67. The molecule has 0 radical (unpaired) electrons. The van der Waals surface area contributed by atoms with Gasteiger partial charge in [-0.25, -0.2) is 4.98 Å². The molecular weight excluding hydrogens is 264 g/mol. The molecule has 0 saturated heterocycles. The summed E-state index contributed by atoms with van der Waals surface area (Å²) in [4.78, 5) is 19.2. The molecule has 0 aliphatic heterocycles. The van der Waals surface area contributed by atoms with Crippen molar-refractivity contribution in [3.8, 4) is 11.1 Å². The van der Waals surface area contributed by atoms with Crippen LogP contribution < -0.4 is 0 Å². The van der Waals surface area contributed by atoms with Gasteiger partial charge in [0.15, 0.2) is 11.4 Å². The number of hydrogen-bond donors (Lipinski definition) is 2. The van der Waals surface area contributed by atoms with E-state index < -0.39 is 0 Å². The van der Waals surface area contributed by atoms with Crippen molar-refractivity contribution in [2.45, 2.75) is 6.92 Å². The average Bonchev–Trinajstić information content (AvgIpc) is 3.12. The van der Waals surface area contributed by atoms with Crippen LogP contribution >= 0.6 is 0 Å². The summed E-state index contributed by atoms with van der Waals surface area (Å²) in [5.74, 6) is 0.0572. The molecule has 4 aromatic rings. The Kier molecular flexibility index (Phi) is 2.41. The van der Waals surface area contributed by atoms with Gasteiger partial charge in [-0.15, -0.1) is 0 Å². The maximum absolute atomic E-state index is 11.7. The Morgan fingerprint density at radius 2 is 2.14 bits per heavy atom. The lowest BCUT2D eigenvalue weighted by Crippen LogP contribution is -1.89. The number of aromatic nitrogens is 4. The summed E-state index contributed by atoms with van der Waals surface area (Å²) in [5, 5.41) is 8.72. The van der Waals surface area contributed by atoms with Crippen LogP contribution in [-0.4, -0.2) is 25.9 Å². The van der Waals surface area contributed by atoms with E-state index in [1.54, 1.807) is 19.3 Å². The van der Waals surface area contributed by atoms with Crippen molar-refractivity contribution in [1.82, 2.24) is 20.2 Å². The first kappa shape index (κ1) is 11.8. The monoisotopic (exact) mass is 276 g/mol. The number of H-pyrrole nitrogens is 2. The Labute approximate surface area is 120 Å². The third kappa shape index (κ3) is 1.74. The summed E-state index contributed by atoms with van der Waals surface area (Å²) >= 11 is 0. The lowest BCUT2D eigenvalue weighted by molar-refractivity contribution is 0.101. The molecule has 5 heteroatoms. The van der Waals surface area contributed by atoms with E-state index in [0.717, 1.165) is 33.1 Å². The van der Waals surface area contributed by atoms with E-state index in [4.69, 9.17) is 0 Å². The molecule has 0 bridgehead atoms. The van der Waals surface area contributed by atoms with Crippen LogP contribution in [-0.2, 0) is 0 Å². The van der Waals surface area contributed by atoms with E-state index in [9.17, 15) is 4.79 Å². The summed E-state index contributed by atoms with van der Waals surface area (Å²) in [6, 6.07) is 7.97. The van der Waals surface area contributed by atoms with Gasteiger partial charge in [-0.05, 0) is 13.0 Å². The zero-order valence-electron chi connectivity index (χ0n) is 11.3. The smallest absolute Gasteiger partial charge is 0.161 e. The van der Waals surface area contributed by atoms with E-state index in [-0.39, 0.29) is 5.78 Å². The zero-order chi connectivity index (χ0) is 14.4. The van der Waals surface area contributed by atoms with E-state index in [0.29, 0.717) is 5.56 Å². The molecule has 3 aromatic heterocycles. The number of benzene rings is 1. The third-order valence-electron chi connectivity index (χ3n) is 3.70. The highest BCUT2D eigenvalue weighted by Crippen LogP contribution is 2.30. The van der Waals surface area contributed by atoms with Crippen LogP contribution in [0.4, 0.5) is 0 Å². The standard InChI is InChI=1S/C16H12N4O/c1-9(21)14-8-17-15-12(3-2-4-13(14)15)10-5-11-7-19-20-16(11)18-6-10/h2-8,17H,1H3,(H,18,19,20). The fraction of sp³-hybridized carbons (Fsp3) is 0.0625. The van der Waals surface area contributed by atoms with Crippen LogP contribution in [0.2, 0.25) is 0 Å². The van der Waals surface area contributed by atoms with Gasteiger partial charge in [0.1, 0.15) is 0 Å². The summed E-state index contributed by atoms with van der Waals surface area (Å²) in [7, 11) is 0. The first-order valence-corrected chi connectivity index (χ1v) is 6.64. The number of pyridine rings is 1. The number of nitrogens with zero attached hydrogens (tertiary/aromatic N) is 2.